The Bertz CT molecular complexity index is 867. The first-order chi connectivity index (χ1) is 14.4. The standard InChI is InChI=1S/C24H28Cl2N2O2/c1-17(24(30)27-20-10-6-3-7-11-20)28(16-19-12-13-21(25)22(26)14-19)23(29)15-18-8-4-2-5-9-18/h2,4-5,8-9,12-14,17,20H,3,6-7,10-11,15-16H2,1H3,(H,27,30)/t17-/m1/s1. The molecule has 0 radical (unpaired) electrons. The lowest BCUT2D eigenvalue weighted by Gasteiger charge is -2.31. The molecular weight excluding hydrogens is 419 g/mol. The molecule has 0 spiro atoms. The molecule has 6 heteroatoms. The van der Waals surface area contributed by atoms with Crippen molar-refractivity contribution in [3.05, 3.63) is 69.7 Å². The van der Waals surface area contributed by atoms with E-state index in [-0.39, 0.29) is 24.3 Å². The Morgan fingerprint density at radius 2 is 1.70 bits per heavy atom. The van der Waals surface area contributed by atoms with Gasteiger partial charge >= 0.3 is 0 Å². The number of nitrogens with zero attached hydrogens (tertiary/aromatic N) is 1. The number of halogens is 2. The third-order valence-electron chi connectivity index (χ3n) is 5.65. The summed E-state index contributed by atoms with van der Waals surface area (Å²) in [5.41, 5.74) is 1.75. The molecule has 30 heavy (non-hydrogen) atoms. The van der Waals surface area contributed by atoms with Crippen LogP contribution in [0.5, 0.6) is 0 Å². The fraction of sp³-hybridized carbons (Fsp3) is 0.417. The molecule has 4 nitrogen and oxygen atoms in total. The summed E-state index contributed by atoms with van der Waals surface area (Å²) in [6, 6.07) is 14.5. The number of carbonyl (C=O) groups excluding carboxylic acids is 2. The van der Waals surface area contributed by atoms with Crippen molar-refractivity contribution in [1.82, 2.24) is 10.2 Å². The highest BCUT2D eigenvalue weighted by atomic mass is 35.5. The van der Waals surface area contributed by atoms with E-state index in [9.17, 15) is 9.59 Å². The largest absolute Gasteiger partial charge is 0.352 e. The van der Waals surface area contributed by atoms with Gasteiger partial charge in [0.2, 0.25) is 11.8 Å². The zero-order valence-electron chi connectivity index (χ0n) is 17.2. The van der Waals surface area contributed by atoms with Gasteiger partial charge in [0.05, 0.1) is 16.5 Å². The van der Waals surface area contributed by atoms with Crippen molar-refractivity contribution in [2.45, 2.75) is 64.1 Å². The maximum Gasteiger partial charge on any atom is 0.242 e. The van der Waals surface area contributed by atoms with Crippen LogP contribution < -0.4 is 5.32 Å². The van der Waals surface area contributed by atoms with Crippen molar-refractivity contribution < 1.29 is 9.59 Å². The van der Waals surface area contributed by atoms with E-state index in [0.717, 1.165) is 36.8 Å². The molecule has 0 aromatic heterocycles. The highest BCUT2D eigenvalue weighted by Gasteiger charge is 2.28. The molecule has 0 heterocycles. The second-order valence-corrected chi connectivity index (χ2v) is 8.77. The van der Waals surface area contributed by atoms with Crippen LogP contribution in [0.1, 0.15) is 50.2 Å². The summed E-state index contributed by atoms with van der Waals surface area (Å²) >= 11 is 12.2. The second-order valence-electron chi connectivity index (χ2n) is 7.95. The number of carbonyl (C=O) groups is 2. The van der Waals surface area contributed by atoms with Crippen LogP contribution in [0.4, 0.5) is 0 Å². The van der Waals surface area contributed by atoms with E-state index in [1.54, 1.807) is 24.0 Å². The Balaban J connectivity index is 1.76. The molecule has 0 bridgehead atoms. The Kier molecular flexibility index (Phi) is 8.17. The van der Waals surface area contributed by atoms with Gasteiger partial charge in [0, 0.05) is 12.6 Å². The molecule has 1 N–H and O–H groups in total. The summed E-state index contributed by atoms with van der Waals surface area (Å²) < 4.78 is 0. The monoisotopic (exact) mass is 446 g/mol. The van der Waals surface area contributed by atoms with Crippen molar-refractivity contribution in [3.8, 4) is 0 Å². The molecule has 1 atom stereocenters. The summed E-state index contributed by atoms with van der Waals surface area (Å²) in [6.07, 6.45) is 5.75. The minimum Gasteiger partial charge on any atom is -0.352 e. The summed E-state index contributed by atoms with van der Waals surface area (Å²) in [7, 11) is 0. The zero-order valence-corrected chi connectivity index (χ0v) is 18.8. The number of hydrogen-bond acceptors (Lipinski definition) is 2. The fourth-order valence-corrected chi connectivity index (χ4v) is 4.18. The second kappa shape index (κ2) is 10.8. The van der Waals surface area contributed by atoms with Gasteiger partial charge in [-0.25, -0.2) is 0 Å². The minimum absolute atomic E-state index is 0.0985. The van der Waals surface area contributed by atoms with E-state index < -0.39 is 6.04 Å². The molecule has 0 unspecified atom stereocenters. The van der Waals surface area contributed by atoms with Gasteiger partial charge in [0.25, 0.3) is 0 Å². The molecule has 1 aliphatic rings. The lowest BCUT2D eigenvalue weighted by atomic mass is 9.95. The molecule has 160 valence electrons. The number of nitrogens with one attached hydrogen (secondary N) is 1. The maximum absolute atomic E-state index is 13.2. The van der Waals surface area contributed by atoms with Gasteiger partial charge in [-0.3, -0.25) is 9.59 Å². The van der Waals surface area contributed by atoms with Gasteiger partial charge in [0.15, 0.2) is 0 Å². The summed E-state index contributed by atoms with van der Waals surface area (Å²) in [5.74, 6) is -0.207. The van der Waals surface area contributed by atoms with E-state index in [4.69, 9.17) is 23.2 Å². The Morgan fingerprint density at radius 1 is 1.00 bits per heavy atom. The van der Waals surface area contributed by atoms with E-state index in [1.807, 2.05) is 36.4 Å². The lowest BCUT2D eigenvalue weighted by molar-refractivity contribution is -0.140. The number of rotatable bonds is 7. The summed E-state index contributed by atoms with van der Waals surface area (Å²) in [5, 5.41) is 4.04. The molecule has 2 amide bonds. The van der Waals surface area contributed by atoms with Crippen LogP contribution in [0.3, 0.4) is 0 Å². The quantitative estimate of drug-likeness (QED) is 0.618. The van der Waals surface area contributed by atoms with Crippen LogP contribution in [0.2, 0.25) is 10.0 Å². The number of benzene rings is 2. The Morgan fingerprint density at radius 3 is 2.37 bits per heavy atom. The zero-order chi connectivity index (χ0) is 21.5. The Labute approximate surface area is 188 Å². The van der Waals surface area contributed by atoms with Crippen molar-refractivity contribution in [1.29, 1.82) is 0 Å². The van der Waals surface area contributed by atoms with Crippen LogP contribution in [0, 0.1) is 0 Å². The first-order valence-corrected chi connectivity index (χ1v) is 11.3. The van der Waals surface area contributed by atoms with Crippen molar-refractivity contribution >= 4 is 35.0 Å². The van der Waals surface area contributed by atoms with Gasteiger partial charge in [0.1, 0.15) is 6.04 Å². The van der Waals surface area contributed by atoms with Crippen LogP contribution >= 0.6 is 23.2 Å². The topological polar surface area (TPSA) is 49.4 Å². The number of hydrogen-bond donors (Lipinski definition) is 1. The van der Waals surface area contributed by atoms with Gasteiger partial charge in [-0.15, -0.1) is 0 Å². The lowest BCUT2D eigenvalue weighted by Crippen LogP contribution is -2.50. The molecule has 3 rings (SSSR count). The molecule has 1 fully saturated rings. The molecule has 1 saturated carbocycles. The van der Waals surface area contributed by atoms with Crippen LogP contribution in [0.15, 0.2) is 48.5 Å². The van der Waals surface area contributed by atoms with E-state index in [2.05, 4.69) is 5.32 Å². The van der Waals surface area contributed by atoms with Gasteiger partial charge < -0.3 is 10.2 Å². The van der Waals surface area contributed by atoms with Crippen molar-refractivity contribution in [2.24, 2.45) is 0 Å². The van der Waals surface area contributed by atoms with Crippen molar-refractivity contribution in [3.63, 3.8) is 0 Å². The SMILES string of the molecule is C[C@H](C(=O)NC1CCCCC1)N(Cc1ccc(Cl)c(Cl)c1)C(=O)Cc1ccccc1. The summed E-state index contributed by atoms with van der Waals surface area (Å²) in [6.45, 7) is 2.08. The molecule has 0 saturated heterocycles. The van der Waals surface area contributed by atoms with Crippen molar-refractivity contribution in [2.75, 3.05) is 0 Å². The average Bonchev–Trinajstić information content (AvgIpc) is 2.75. The third kappa shape index (κ3) is 6.23. The van der Waals surface area contributed by atoms with Gasteiger partial charge in [-0.05, 0) is 43.0 Å². The van der Waals surface area contributed by atoms with Gasteiger partial charge in [-0.1, -0.05) is 78.9 Å². The molecule has 2 aromatic rings. The van der Waals surface area contributed by atoms with E-state index in [0.29, 0.717) is 16.6 Å². The summed E-state index contributed by atoms with van der Waals surface area (Å²) in [4.78, 5) is 27.8. The average molecular weight is 447 g/mol. The van der Waals surface area contributed by atoms with Gasteiger partial charge in [-0.2, -0.15) is 0 Å². The minimum atomic E-state index is -0.586. The Hall–Kier alpha value is -2.04. The fourth-order valence-electron chi connectivity index (χ4n) is 3.86. The normalized spacial score (nSPS) is 15.4. The van der Waals surface area contributed by atoms with Crippen LogP contribution in [-0.4, -0.2) is 28.8 Å². The molecule has 0 aliphatic heterocycles. The maximum atomic E-state index is 13.2. The van der Waals surface area contributed by atoms with E-state index in [1.165, 1.54) is 6.42 Å². The van der Waals surface area contributed by atoms with Crippen LogP contribution in [0.25, 0.3) is 0 Å². The predicted molar refractivity (Wildman–Crippen MR) is 122 cm³/mol. The third-order valence-corrected chi connectivity index (χ3v) is 6.39. The highest BCUT2D eigenvalue weighted by Crippen LogP contribution is 2.24. The smallest absolute Gasteiger partial charge is 0.242 e. The molecular formula is C24H28Cl2N2O2. The number of amides is 2. The van der Waals surface area contributed by atoms with E-state index >= 15 is 0 Å². The first-order valence-electron chi connectivity index (χ1n) is 10.5. The highest BCUT2D eigenvalue weighted by molar-refractivity contribution is 6.42. The molecule has 1 aliphatic carbocycles. The molecule has 2 aromatic carbocycles. The predicted octanol–water partition coefficient (Wildman–Crippen LogP) is 5.40. The van der Waals surface area contributed by atoms with Crippen LogP contribution in [-0.2, 0) is 22.6 Å². The first kappa shape index (κ1) is 22.6.